The summed E-state index contributed by atoms with van der Waals surface area (Å²) >= 11 is 0. The van der Waals surface area contributed by atoms with Crippen molar-refractivity contribution in [1.29, 1.82) is 0 Å². The molecular weight excluding hydrogens is 720 g/mol. The number of likely N-dealkylation sites (tertiary alicyclic amines) is 1. The van der Waals surface area contributed by atoms with Crippen LogP contribution in [0, 0.1) is 0 Å². The van der Waals surface area contributed by atoms with Crippen molar-refractivity contribution in [1.82, 2.24) is 19.9 Å². The van der Waals surface area contributed by atoms with Gasteiger partial charge in [0.05, 0.1) is 35.3 Å². The number of alkyl halides is 3. The molecule has 10 nitrogen and oxygen atoms in total. The molecule has 0 spiro atoms. The molecule has 0 radical (unpaired) electrons. The number of phosphoric ester groups is 1. The molecule has 0 bridgehead atoms. The molecule has 292 valence electrons. The molecular formula is C40H50F3N4O6P. The highest BCUT2D eigenvalue weighted by Crippen LogP contribution is 2.56. The average Bonchev–Trinajstić information content (AvgIpc) is 3.55. The zero-order valence-corrected chi connectivity index (χ0v) is 33.3. The Morgan fingerprint density at radius 1 is 0.778 bits per heavy atom. The summed E-state index contributed by atoms with van der Waals surface area (Å²) in [7, 11) is -4.05. The van der Waals surface area contributed by atoms with Gasteiger partial charge in [-0.1, -0.05) is 41.6 Å². The van der Waals surface area contributed by atoms with Crippen LogP contribution in [0.3, 0.4) is 0 Å². The fourth-order valence-electron chi connectivity index (χ4n) is 5.97. The van der Waals surface area contributed by atoms with Crippen LogP contribution in [-0.2, 0) is 35.7 Å². The van der Waals surface area contributed by atoms with Gasteiger partial charge in [0.15, 0.2) is 0 Å². The summed E-state index contributed by atoms with van der Waals surface area (Å²) in [6, 6.07) is 18.6. The standard InChI is InChI=1S/C40H50F3N4O6P/c1-37(2,3)51-36(48)46-20-18-30(19-21-46)28-10-12-29(13-11-28)32-22-27(26-50-54(49,52-38(4,5)6)53-39(7,8)9)23-34(24-32)47-25-35(44-45-47)31-14-16-33(17-15-31)40(41,42)43/h10-17,22-25,30H,18-21,26H2,1-9H3. The van der Waals surface area contributed by atoms with Crippen LogP contribution < -0.4 is 0 Å². The number of halogens is 3. The monoisotopic (exact) mass is 770 g/mol. The van der Waals surface area contributed by atoms with Crippen molar-refractivity contribution in [2.75, 3.05) is 13.1 Å². The van der Waals surface area contributed by atoms with Crippen molar-refractivity contribution in [2.24, 2.45) is 0 Å². The highest BCUT2D eigenvalue weighted by molar-refractivity contribution is 7.48. The number of hydrogen-bond acceptors (Lipinski definition) is 8. The minimum Gasteiger partial charge on any atom is -0.444 e. The SMILES string of the molecule is CC(C)(C)OC(=O)N1CCC(c2ccc(-c3cc(COP(=O)(OC(C)(C)C)OC(C)(C)C)cc(-n4cc(-c5ccc(C(F)(F)F)cc5)nn4)c3)cc2)CC1. The first-order chi connectivity index (χ1) is 25.0. The van der Waals surface area contributed by atoms with Crippen molar-refractivity contribution < 1.29 is 40.8 Å². The first kappa shape index (κ1) is 41.1. The minimum atomic E-state index is -4.45. The highest BCUT2D eigenvalue weighted by atomic mass is 31.2. The molecule has 0 atom stereocenters. The van der Waals surface area contributed by atoms with Crippen molar-refractivity contribution in [3.8, 4) is 28.1 Å². The number of piperidine rings is 1. The molecule has 1 aromatic heterocycles. The van der Waals surface area contributed by atoms with Gasteiger partial charge in [-0.15, -0.1) is 5.10 Å². The number of hydrogen-bond donors (Lipinski definition) is 0. The number of carbonyl (C=O) groups is 1. The van der Waals surface area contributed by atoms with Crippen LogP contribution in [0.5, 0.6) is 0 Å². The molecule has 14 heteroatoms. The van der Waals surface area contributed by atoms with E-state index in [0.29, 0.717) is 35.6 Å². The van der Waals surface area contributed by atoms with Gasteiger partial charge >= 0.3 is 20.1 Å². The molecule has 1 amide bonds. The summed E-state index contributed by atoms with van der Waals surface area (Å²) in [4.78, 5) is 14.3. The molecule has 3 aromatic carbocycles. The van der Waals surface area contributed by atoms with E-state index in [0.717, 1.165) is 36.1 Å². The Morgan fingerprint density at radius 2 is 1.35 bits per heavy atom. The van der Waals surface area contributed by atoms with Gasteiger partial charge < -0.3 is 9.64 Å². The maximum atomic E-state index is 13.9. The van der Waals surface area contributed by atoms with E-state index in [2.05, 4.69) is 22.4 Å². The van der Waals surface area contributed by atoms with Crippen LogP contribution in [0.2, 0.25) is 0 Å². The number of benzene rings is 3. The van der Waals surface area contributed by atoms with E-state index in [1.54, 1.807) is 58.7 Å². The number of rotatable bonds is 9. The van der Waals surface area contributed by atoms with Crippen molar-refractivity contribution >= 4 is 13.9 Å². The maximum absolute atomic E-state index is 13.9. The number of ether oxygens (including phenoxy) is 1. The Balaban J connectivity index is 1.43. The molecule has 0 saturated carbocycles. The Labute approximate surface area is 315 Å². The topological polar surface area (TPSA) is 105 Å². The van der Waals surface area contributed by atoms with E-state index in [1.165, 1.54) is 22.4 Å². The van der Waals surface area contributed by atoms with Crippen LogP contribution >= 0.6 is 7.82 Å². The molecule has 1 aliphatic heterocycles. The van der Waals surface area contributed by atoms with Crippen LogP contribution in [0.4, 0.5) is 18.0 Å². The van der Waals surface area contributed by atoms with Crippen molar-refractivity contribution in [3.63, 3.8) is 0 Å². The molecule has 4 aromatic rings. The lowest BCUT2D eigenvalue weighted by Gasteiger charge is -2.33. The lowest BCUT2D eigenvalue weighted by atomic mass is 9.88. The van der Waals surface area contributed by atoms with Crippen LogP contribution in [0.1, 0.15) is 97.8 Å². The van der Waals surface area contributed by atoms with Crippen molar-refractivity contribution in [2.45, 2.75) is 111 Å². The van der Waals surface area contributed by atoms with Gasteiger partial charge in [-0.3, -0.25) is 13.6 Å². The summed E-state index contributed by atoms with van der Waals surface area (Å²) in [5.41, 5.74) is 2.03. The smallest absolute Gasteiger partial charge is 0.444 e. The zero-order chi connectivity index (χ0) is 39.7. The second kappa shape index (κ2) is 15.6. The molecule has 0 unspecified atom stereocenters. The van der Waals surface area contributed by atoms with Crippen molar-refractivity contribution in [3.05, 3.63) is 89.6 Å². The van der Waals surface area contributed by atoms with Crippen LogP contribution in [0.15, 0.2) is 72.9 Å². The molecule has 1 fully saturated rings. The normalized spacial score (nSPS) is 15.1. The van der Waals surface area contributed by atoms with Gasteiger partial charge in [0.2, 0.25) is 0 Å². The minimum absolute atomic E-state index is 0.126. The van der Waals surface area contributed by atoms with E-state index in [9.17, 15) is 22.5 Å². The third-order valence-corrected chi connectivity index (χ3v) is 10.3. The Kier molecular flexibility index (Phi) is 11.9. The second-order valence-corrected chi connectivity index (χ2v) is 18.0. The lowest BCUT2D eigenvalue weighted by Crippen LogP contribution is -2.41. The van der Waals surface area contributed by atoms with Gasteiger partial charge in [0.25, 0.3) is 0 Å². The predicted octanol–water partition coefficient (Wildman–Crippen LogP) is 11.0. The van der Waals surface area contributed by atoms with Gasteiger partial charge in [0.1, 0.15) is 11.3 Å². The number of phosphoric acid groups is 1. The average molecular weight is 771 g/mol. The van der Waals surface area contributed by atoms with Gasteiger partial charge in [-0.25, -0.2) is 14.0 Å². The summed E-state index contributed by atoms with van der Waals surface area (Å²) in [6.07, 6.45) is -1.48. The highest BCUT2D eigenvalue weighted by Gasteiger charge is 2.37. The van der Waals surface area contributed by atoms with Crippen LogP contribution in [0.25, 0.3) is 28.1 Å². The largest absolute Gasteiger partial charge is 0.476 e. The van der Waals surface area contributed by atoms with Crippen LogP contribution in [-0.4, -0.2) is 55.9 Å². The summed E-state index contributed by atoms with van der Waals surface area (Å²) in [5, 5.41) is 8.52. The Hall–Kier alpha value is -4.03. The van der Waals surface area contributed by atoms with E-state index in [-0.39, 0.29) is 18.6 Å². The number of amides is 1. The van der Waals surface area contributed by atoms with E-state index in [4.69, 9.17) is 18.3 Å². The summed E-state index contributed by atoms with van der Waals surface area (Å²) < 4.78 is 78.1. The van der Waals surface area contributed by atoms with Gasteiger partial charge in [-0.2, -0.15) is 13.2 Å². The maximum Gasteiger partial charge on any atom is 0.476 e. The number of aromatic nitrogens is 3. The van der Waals surface area contributed by atoms with Gasteiger partial charge in [-0.05, 0) is 134 Å². The first-order valence-electron chi connectivity index (χ1n) is 17.9. The zero-order valence-electron chi connectivity index (χ0n) is 32.4. The number of nitrogens with zero attached hydrogens (tertiary/aromatic N) is 4. The van der Waals surface area contributed by atoms with E-state index < -0.39 is 36.4 Å². The molecule has 54 heavy (non-hydrogen) atoms. The molecule has 2 heterocycles. The van der Waals surface area contributed by atoms with E-state index >= 15 is 0 Å². The number of carbonyl (C=O) groups excluding carboxylic acids is 1. The molecule has 0 aliphatic carbocycles. The second-order valence-electron chi connectivity index (χ2n) is 16.5. The fourth-order valence-corrected chi connectivity index (χ4v) is 7.77. The summed E-state index contributed by atoms with van der Waals surface area (Å²) in [5.74, 6) is 0.284. The lowest BCUT2D eigenvalue weighted by molar-refractivity contribution is -0.137. The molecule has 0 N–H and O–H groups in total. The quantitative estimate of drug-likeness (QED) is 0.155. The molecule has 5 rings (SSSR count). The Bertz CT molecular complexity index is 1930. The summed E-state index contributed by atoms with van der Waals surface area (Å²) in [6.45, 7) is 17.3. The van der Waals surface area contributed by atoms with E-state index in [1.807, 2.05) is 45.0 Å². The predicted molar refractivity (Wildman–Crippen MR) is 201 cm³/mol. The molecule has 1 aliphatic rings. The first-order valence-corrected chi connectivity index (χ1v) is 19.4. The molecule has 1 saturated heterocycles. The third kappa shape index (κ3) is 11.5. The van der Waals surface area contributed by atoms with Gasteiger partial charge in [0, 0.05) is 18.7 Å². The fraction of sp³-hybridized carbons (Fsp3) is 0.475. The third-order valence-electron chi connectivity index (χ3n) is 8.27. The Morgan fingerprint density at radius 3 is 1.89 bits per heavy atom.